The Labute approximate surface area is 122 Å². The third-order valence-corrected chi connectivity index (χ3v) is 4.61. The number of para-hydroxylation sites is 1. The number of epoxide rings is 1. The molecule has 2 aromatic carbocycles. The number of hydrogen-bond acceptors (Lipinski definition) is 3. The molecule has 0 N–H and O–H groups in total. The van der Waals surface area contributed by atoms with Crippen molar-refractivity contribution in [1.29, 1.82) is 0 Å². The van der Waals surface area contributed by atoms with Crippen LogP contribution in [-0.2, 0) is 15.3 Å². The molecule has 2 fully saturated rings. The topological polar surface area (TPSA) is 36.1 Å². The molecule has 0 radical (unpaired) electrons. The minimum Gasteiger partial charge on any atom is -0.333 e. The molecular weight excluding hydrogens is 264 g/mol. The van der Waals surface area contributed by atoms with Gasteiger partial charge in [-0.3, -0.25) is 9.80 Å². The van der Waals surface area contributed by atoms with Crippen LogP contribution in [0.2, 0.25) is 0 Å². The summed E-state index contributed by atoms with van der Waals surface area (Å²) in [6.45, 7) is 0.723. The molecule has 4 heteroatoms. The zero-order valence-corrected chi connectivity index (χ0v) is 11.4. The predicted octanol–water partition coefficient (Wildman–Crippen LogP) is 2.58. The zero-order valence-electron chi connectivity index (χ0n) is 11.4. The average Bonchev–Trinajstić information content (AvgIpc) is 3.19. The Balaban J connectivity index is 1.75. The number of ether oxygens (including phenoxy) is 1. The van der Waals surface area contributed by atoms with Gasteiger partial charge in [-0.25, -0.2) is 5.01 Å². The van der Waals surface area contributed by atoms with E-state index in [0.717, 1.165) is 17.8 Å². The van der Waals surface area contributed by atoms with Gasteiger partial charge < -0.3 is 4.74 Å². The summed E-state index contributed by atoms with van der Waals surface area (Å²) in [5, 5.41) is 3.91. The van der Waals surface area contributed by atoms with Crippen molar-refractivity contribution in [2.75, 3.05) is 11.6 Å². The Morgan fingerprint density at radius 1 is 1.05 bits per heavy atom. The summed E-state index contributed by atoms with van der Waals surface area (Å²) in [5.74, 6) is 0.135. The minimum absolute atomic E-state index is 0.0607. The Kier molecular flexibility index (Phi) is 1.97. The van der Waals surface area contributed by atoms with Gasteiger partial charge in [-0.05, 0) is 6.07 Å². The first kappa shape index (κ1) is 11.3. The van der Waals surface area contributed by atoms with Crippen LogP contribution < -0.4 is 5.01 Å². The lowest BCUT2D eigenvalue weighted by molar-refractivity contribution is -0.134. The molecule has 0 bridgehead atoms. The van der Waals surface area contributed by atoms with Crippen molar-refractivity contribution >= 4 is 11.6 Å². The van der Waals surface area contributed by atoms with E-state index in [9.17, 15) is 4.79 Å². The van der Waals surface area contributed by atoms with E-state index in [2.05, 4.69) is 17.1 Å². The summed E-state index contributed by atoms with van der Waals surface area (Å²) in [6.07, 6.45) is 0.480. The van der Waals surface area contributed by atoms with Crippen molar-refractivity contribution in [2.45, 2.75) is 18.2 Å². The maximum absolute atomic E-state index is 12.4. The summed E-state index contributed by atoms with van der Waals surface area (Å²) >= 11 is 0. The first-order valence-corrected chi connectivity index (χ1v) is 7.25. The summed E-state index contributed by atoms with van der Waals surface area (Å²) < 4.78 is 6.13. The monoisotopic (exact) mass is 278 g/mol. The molecule has 2 unspecified atom stereocenters. The number of benzene rings is 2. The highest BCUT2D eigenvalue weighted by atomic mass is 16.6. The second kappa shape index (κ2) is 3.65. The van der Waals surface area contributed by atoms with E-state index in [4.69, 9.17) is 4.74 Å². The van der Waals surface area contributed by atoms with Crippen molar-refractivity contribution in [1.82, 2.24) is 5.01 Å². The molecule has 2 saturated heterocycles. The summed E-state index contributed by atoms with van der Waals surface area (Å²) in [5.41, 5.74) is 2.68. The number of nitrogens with zero attached hydrogens (tertiary/aromatic N) is 2. The number of carbonyl (C=O) groups excluding carboxylic acids is 1. The molecule has 2 atom stereocenters. The summed E-state index contributed by atoms with van der Waals surface area (Å²) in [7, 11) is 0. The van der Waals surface area contributed by atoms with E-state index in [1.165, 1.54) is 5.56 Å². The molecule has 3 heterocycles. The zero-order chi connectivity index (χ0) is 14.0. The lowest BCUT2D eigenvalue weighted by Gasteiger charge is -2.39. The molecule has 5 rings (SSSR count). The number of anilines is 1. The lowest BCUT2D eigenvalue weighted by atomic mass is 9.95. The van der Waals surface area contributed by atoms with Crippen LogP contribution in [0.1, 0.15) is 23.7 Å². The molecule has 3 aliphatic heterocycles. The molecular formula is C17H14N2O2. The van der Waals surface area contributed by atoms with E-state index < -0.39 is 5.72 Å². The normalized spacial score (nSPS) is 29.0. The largest absolute Gasteiger partial charge is 0.333 e. The molecule has 104 valence electrons. The summed E-state index contributed by atoms with van der Waals surface area (Å²) in [6, 6.07) is 18.3. The maximum Gasteiger partial charge on any atom is 0.246 e. The quantitative estimate of drug-likeness (QED) is 0.752. The SMILES string of the molecule is O=C1CCN2c3ccccc3C3OC3(c3ccccc3)N12. The second-order valence-electron chi connectivity index (χ2n) is 5.70. The van der Waals surface area contributed by atoms with Crippen molar-refractivity contribution in [3.8, 4) is 0 Å². The van der Waals surface area contributed by atoms with Gasteiger partial charge in [0.1, 0.15) is 6.10 Å². The van der Waals surface area contributed by atoms with Crippen LogP contribution in [0.15, 0.2) is 54.6 Å². The number of amides is 1. The fourth-order valence-electron chi connectivity index (χ4n) is 3.68. The maximum atomic E-state index is 12.4. The molecule has 1 amide bonds. The molecule has 0 aromatic heterocycles. The van der Waals surface area contributed by atoms with Gasteiger partial charge in [0.2, 0.25) is 11.6 Å². The van der Waals surface area contributed by atoms with Gasteiger partial charge in [0.05, 0.1) is 5.69 Å². The predicted molar refractivity (Wildman–Crippen MR) is 77.2 cm³/mol. The second-order valence-corrected chi connectivity index (χ2v) is 5.70. The molecule has 0 aliphatic carbocycles. The van der Waals surface area contributed by atoms with Crippen molar-refractivity contribution in [3.63, 3.8) is 0 Å². The van der Waals surface area contributed by atoms with Crippen LogP contribution in [0.25, 0.3) is 0 Å². The van der Waals surface area contributed by atoms with Gasteiger partial charge in [-0.15, -0.1) is 0 Å². The summed E-state index contributed by atoms with van der Waals surface area (Å²) in [4.78, 5) is 12.4. The third kappa shape index (κ3) is 1.26. The highest BCUT2D eigenvalue weighted by molar-refractivity contribution is 5.85. The number of fused-ring (bicyclic) bond motifs is 6. The first-order chi connectivity index (χ1) is 10.3. The van der Waals surface area contributed by atoms with Crippen LogP contribution in [-0.4, -0.2) is 17.5 Å². The van der Waals surface area contributed by atoms with Crippen LogP contribution in [0, 0.1) is 0 Å². The van der Waals surface area contributed by atoms with Gasteiger partial charge in [0.25, 0.3) is 0 Å². The number of carbonyl (C=O) groups is 1. The van der Waals surface area contributed by atoms with Gasteiger partial charge in [0.15, 0.2) is 0 Å². The van der Waals surface area contributed by atoms with Gasteiger partial charge in [-0.1, -0.05) is 48.5 Å². The van der Waals surface area contributed by atoms with E-state index >= 15 is 0 Å². The highest BCUT2D eigenvalue weighted by Gasteiger charge is 2.70. The fourth-order valence-corrected chi connectivity index (χ4v) is 3.68. The van der Waals surface area contributed by atoms with Crippen LogP contribution in [0.3, 0.4) is 0 Å². The van der Waals surface area contributed by atoms with Crippen LogP contribution in [0.5, 0.6) is 0 Å². The van der Waals surface area contributed by atoms with E-state index in [1.54, 1.807) is 0 Å². The number of hydrazine groups is 1. The van der Waals surface area contributed by atoms with Gasteiger partial charge >= 0.3 is 0 Å². The molecule has 0 spiro atoms. The van der Waals surface area contributed by atoms with Crippen molar-refractivity contribution in [2.24, 2.45) is 0 Å². The Hall–Kier alpha value is -2.33. The van der Waals surface area contributed by atoms with Gasteiger partial charge in [-0.2, -0.15) is 0 Å². The van der Waals surface area contributed by atoms with Gasteiger partial charge in [0, 0.05) is 24.1 Å². The number of hydrogen-bond donors (Lipinski definition) is 0. The Bertz CT molecular complexity index is 745. The molecule has 0 saturated carbocycles. The first-order valence-electron chi connectivity index (χ1n) is 7.25. The standard InChI is InChI=1S/C17H14N2O2/c20-15-10-11-18-14-9-5-4-8-13(14)16-17(21-16,19(15)18)12-6-2-1-3-7-12/h1-9,16H,10-11H2. The van der Waals surface area contributed by atoms with E-state index in [0.29, 0.717) is 6.42 Å². The Morgan fingerprint density at radius 2 is 1.81 bits per heavy atom. The van der Waals surface area contributed by atoms with Crippen LogP contribution >= 0.6 is 0 Å². The molecule has 4 nitrogen and oxygen atoms in total. The lowest BCUT2D eigenvalue weighted by Crippen LogP contribution is -2.50. The molecule has 3 aliphatic rings. The third-order valence-electron chi connectivity index (χ3n) is 4.61. The van der Waals surface area contributed by atoms with Crippen molar-refractivity contribution in [3.05, 3.63) is 65.7 Å². The average molecular weight is 278 g/mol. The highest BCUT2D eigenvalue weighted by Crippen LogP contribution is 2.65. The van der Waals surface area contributed by atoms with Crippen LogP contribution in [0.4, 0.5) is 5.69 Å². The van der Waals surface area contributed by atoms with E-state index in [-0.39, 0.29) is 12.0 Å². The molecule has 21 heavy (non-hydrogen) atoms. The smallest absolute Gasteiger partial charge is 0.246 e. The van der Waals surface area contributed by atoms with E-state index in [1.807, 2.05) is 47.5 Å². The Morgan fingerprint density at radius 3 is 2.67 bits per heavy atom. The number of rotatable bonds is 1. The molecule has 2 aromatic rings. The fraction of sp³-hybridized carbons (Fsp3) is 0.235. The van der Waals surface area contributed by atoms with Crippen molar-refractivity contribution < 1.29 is 9.53 Å². The minimum atomic E-state index is -0.636.